The monoisotopic (exact) mass is 405 g/mol. The average Bonchev–Trinajstić information content (AvgIpc) is 3.44. The topological polar surface area (TPSA) is 38.3 Å². The summed E-state index contributed by atoms with van der Waals surface area (Å²) in [6, 6.07) is 16.1. The van der Waals surface area contributed by atoms with Gasteiger partial charge in [0.2, 0.25) is 5.91 Å². The molecule has 1 saturated carbocycles. The maximum Gasteiger partial charge on any atom is 0.230 e. The van der Waals surface area contributed by atoms with Crippen LogP contribution in [0.25, 0.3) is 0 Å². The van der Waals surface area contributed by atoms with E-state index in [2.05, 4.69) is 21.2 Å². The molecule has 1 aliphatic rings. The number of carbonyl (C=O) groups excluding carboxylic acids is 1. The lowest BCUT2D eigenvalue weighted by atomic mass is 10.0. The van der Waals surface area contributed by atoms with E-state index in [9.17, 15) is 4.79 Å². The van der Waals surface area contributed by atoms with E-state index in [1.165, 1.54) is 12.8 Å². The number of nitrogens with one attached hydrogen (secondary N) is 1. The molecule has 5 heteroatoms. The minimum atomic E-state index is 0.0793. The first-order valence-corrected chi connectivity index (χ1v) is 9.75. The van der Waals surface area contributed by atoms with Crippen LogP contribution in [-0.4, -0.2) is 18.8 Å². The van der Waals surface area contributed by atoms with Gasteiger partial charge in [0.15, 0.2) is 0 Å². The lowest BCUT2D eigenvalue weighted by molar-refractivity contribution is -0.119. The van der Waals surface area contributed by atoms with Gasteiger partial charge in [-0.15, -0.1) is 11.8 Å². The van der Waals surface area contributed by atoms with Crippen molar-refractivity contribution in [3.8, 4) is 5.75 Å². The van der Waals surface area contributed by atoms with Gasteiger partial charge in [0.05, 0.1) is 18.9 Å². The molecule has 0 aromatic heterocycles. The molecule has 3 nitrogen and oxygen atoms in total. The third-order valence-corrected chi connectivity index (χ3v) is 5.61. The molecule has 1 aliphatic carbocycles. The van der Waals surface area contributed by atoms with Gasteiger partial charge < -0.3 is 10.1 Å². The second-order valence-corrected chi connectivity index (χ2v) is 7.86. The number of halogens is 1. The van der Waals surface area contributed by atoms with Gasteiger partial charge in [0.25, 0.3) is 0 Å². The van der Waals surface area contributed by atoms with Crippen LogP contribution >= 0.6 is 27.7 Å². The second-order valence-electron chi connectivity index (χ2n) is 5.90. The van der Waals surface area contributed by atoms with Crippen molar-refractivity contribution >= 4 is 33.6 Å². The zero-order valence-electron chi connectivity index (χ0n) is 13.5. The smallest absolute Gasteiger partial charge is 0.230 e. The van der Waals surface area contributed by atoms with Crippen LogP contribution in [0.3, 0.4) is 0 Å². The lowest BCUT2D eigenvalue weighted by Crippen LogP contribution is -2.31. The van der Waals surface area contributed by atoms with E-state index < -0.39 is 0 Å². The van der Waals surface area contributed by atoms with E-state index in [1.807, 2.05) is 48.5 Å². The summed E-state index contributed by atoms with van der Waals surface area (Å²) in [6.07, 6.45) is 2.35. The molecular formula is C19H20BrNO2S. The van der Waals surface area contributed by atoms with Crippen molar-refractivity contribution in [1.82, 2.24) is 5.32 Å². The van der Waals surface area contributed by atoms with E-state index in [1.54, 1.807) is 18.9 Å². The molecule has 0 bridgehead atoms. The fraction of sp³-hybridized carbons (Fsp3) is 0.316. The quantitative estimate of drug-likeness (QED) is 0.671. The van der Waals surface area contributed by atoms with Gasteiger partial charge in [-0.3, -0.25) is 4.79 Å². The molecular weight excluding hydrogens is 386 g/mol. The van der Waals surface area contributed by atoms with Crippen LogP contribution in [0.4, 0.5) is 0 Å². The number of hydrogen-bond donors (Lipinski definition) is 1. The van der Waals surface area contributed by atoms with Gasteiger partial charge in [-0.1, -0.05) is 28.1 Å². The number of thioether (sulfide) groups is 1. The third-order valence-electron chi connectivity index (χ3n) is 4.07. The van der Waals surface area contributed by atoms with Crippen molar-refractivity contribution in [2.45, 2.75) is 23.8 Å². The van der Waals surface area contributed by atoms with E-state index in [4.69, 9.17) is 4.74 Å². The molecule has 2 aromatic rings. The maximum absolute atomic E-state index is 12.4. The van der Waals surface area contributed by atoms with Crippen molar-refractivity contribution < 1.29 is 9.53 Å². The van der Waals surface area contributed by atoms with Gasteiger partial charge in [-0.25, -0.2) is 0 Å². The molecule has 126 valence electrons. The summed E-state index contributed by atoms with van der Waals surface area (Å²) in [6.45, 7) is 0. The normalized spacial score (nSPS) is 14.9. The largest absolute Gasteiger partial charge is 0.497 e. The van der Waals surface area contributed by atoms with E-state index >= 15 is 0 Å². The minimum absolute atomic E-state index is 0.0793. The zero-order chi connectivity index (χ0) is 16.9. The summed E-state index contributed by atoms with van der Waals surface area (Å²) >= 11 is 4.98. The number of methoxy groups -OCH3 is 1. The average molecular weight is 406 g/mol. The van der Waals surface area contributed by atoms with Crippen LogP contribution in [0, 0.1) is 5.92 Å². The molecule has 1 fully saturated rings. The second kappa shape index (κ2) is 8.08. The maximum atomic E-state index is 12.4. The molecule has 24 heavy (non-hydrogen) atoms. The van der Waals surface area contributed by atoms with Crippen LogP contribution in [0.5, 0.6) is 5.75 Å². The first-order valence-electron chi connectivity index (χ1n) is 7.97. The highest BCUT2D eigenvalue weighted by Gasteiger charge is 2.33. The Hall–Kier alpha value is -1.46. The minimum Gasteiger partial charge on any atom is -0.497 e. The Kier molecular flexibility index (Phi) is 5.85. The molecule has 0 heterocycles. The highest BCUT2D eigenvalue weighted by Crippen LogP contribution is 2.41. The lowest BCUT2D eigenvalue weighted by Gasteiger charge is -2.19. The van der Waals surface area contributed by atoms with Crippen LogP contribution in [0.15, 0.2) is 57.9 Å². The molecule has 1 amide bonds. The molecule has 0 saturated heterocycles. The summed E-state index contributed by atoms with van der Waals surface area (Å²) in [5.74, 6) is 1.90. The summed E-state index contributed by atoms with van der Waals surface area (Å²) in [7, 11) is 1.66. The number of amides is 1. The number of rotatable bonds is 7. The van der Waals surface area contributed by atoms with Crippen molar-refractivity contribution in [1.29, 1.82) is 0 Å². The van der Waals surface area contributed by atoms with Crippen LogP contribution in [-0.2, 0) is 4.79 Å². The molecule has 1 unspecified atom stereocenters. The zero-order valence-corrected chi connectivity index (χ0v) is 15.9. The van der Waals surface area contributed by atoms with Gasteiger partial charge in [-0.2, -0.15) is 0 Å². The molecule has 1 atom stereocenters. The van der Waals surface area contributed by atoms with E-state index in [0.29, 0.717) is 11.7 Å². The van der Waals surface area contributed by atoms with Crippen molar-refractivity contribution in [2.24, 2.45) is 5.92 Å². The fourth-order valence-electron chi connectivity index (χ4n) is 2.61. The Balaban J connectivity index is 1.58. The first kappa shape index (κ1) is 17.4. The van der Waals surface area contributed by atoms with Crippen LogP contribution < -0.4 is 10.1 Å². The number of ether oxygens (including phenoxy) is 1. The molecule has 2 aromatic carbocycles. The highest BCUT2D eigenvalue weighted by atomic mass is 79.9. The molecule has 0 radical (unpaired) electrons. The Morgan fingerprint density at radius 3 is 2.46 bits per heavy atom. The third kappa shape index (κ3) is 4.77. The van der Waals surface area contributed by atoms with E-state index in [0.717, 1.165) is 20.7 Å². The predicted octanol–water partition coefficient (Wildman–Crippen LogP) is 4.82. The summed E-state index contributed by atoms with van der Waals surface area (Å²) < 4.78 is 6.25. The molecule has 3 rings (SSSR count). The Morgan fingerprint density at radius 1 is 1.21 bits per heavy atom. The van der Waals surface area contributed by atoms with Gasteiger partial charge >= 0.3 is 0 Å². The number of benzene rings is 2. The van der Waals surface area contributed by atoms with Crippen LogP contribution in [0.1, 0.15) is 24.4 Å². The van der Waals surface area contributed by atoms with Gasteiger partial charge in [-0.05, 0) is 60.7 Å². The number of carbonyl (C=O) groups is 1. The molecule has 0 aliphatic heterocycles. The van der Waals surface area contributed by atoms with Gasteiger partial charge in [0, 0.05) is 9.37 Å². The Morgan fingerprint density at radius 2 is 1.88 bits per heavy atom. The summed E-state index contributed by atoms with van der Waals surface area (Å²) in [4.78, 5) is 13.5. The molecule has 0 spiro atoms. The summed E-state index contributed by atoms with van der Waals surface area (Å²) in [5.41, 5.74) is 1.15. The van der Waals surface area contributed by atoms with Crippen molar-refractivity contribution in [2.75, 3.05) is 12.9 Å². The number of hydrogen-bond acceptors (Lipinski definition) is 3. The van der Waals surface area contributed by atoms with Crippen molar-refractivity contribution in [3.63, 3.8) is 0 Å². The Labute approximate surface area is 155 Å². The first-order chi connectivity index (χ1) is 11.7. The highest BCUT2D eigenvalue weighted by molar-refractivity contribution is 9.10. The van der Waals surface area contributed by atoms with Crippen LogP contribution in [0.2, 0.25) is 0 Å². The van der Waals surface area contributed by atoms with Gasteiger partial charge in [0.1, 0.15) is 5.75 Å². The van der Waals surface area contributed by atoms with Crippen molar-refractivity contribution in [3.05, 3.63) is 58.6 Å². The van der Waals surface area contributed by atoms with E-state index in [-0.39, 0.29) is 11.9 Å². The fourth-order valence-corrected chi connectivity index (χ4v) is 3.58. The SMILES string of the molecule is COc1ccc(C(NC(=O)CSc2ccc(Br)cc2)C2CC2)cc1. The Bertz CT molecular complexity index is 684. The predicted molar refractivity (Wildman–Crippen MR) is 101 cm³/mol. The molecule has 1 N–H and O–H groups in total. The summed E-state index contributed by atoms with van der Waals surface area (Å²) in [5, 5.41) is 3.20. The standard InChI is InChI=1S/C19H20BrNO2S/c1-23-16-8-4-14(5-9-16)19(13-2-3-13)21-18(22)12-24-17-10-6-15(20)7-11-17/h4-11,13,19H,2-3,12H2,1H3,(H,21,22).